The van der Waals surface area contributed by atoms with Crippen molar-refractivity contribution < 1.29 is 18.5 Å². The van der Waals surface area contributed by atoms with E-state index in [1.165, 1.54) is 38.5 Å². The van der Waals surface area contributed by atoms with Crippen molar-refractivity contribution in [3.05, 3.63) is 70.3 Å². The van der Waals surface area contributed by atoms with Gasteiger partial charge in [0.1, 0.15) is 0 Å². The molecule has 0 amide bonds. The van der Waals surface area contributed by atoms with Crippen LogP contribution in [0.2, 0.25) is 0 Å². The molecule has 0 aliphatic heterocycles. The van der Waals surface area contributed by atoms with E-state index in [9.17, 15) is 14.7 Å². The zero-order chi connectivity index (χ0) is 16.9. The van der Waals surface area contributed by atoms with Gasteiger partial charge in [0, 0.05) is 32.0 Å². The molecule has 0 aliphatic rings. The number of non-ortho nitro benzene ring substituents is 1. The Bertz CT molecular complexity index is 698. The predicted octanol–water partition coefficient (Wildman–Crippen LogP) is 4.19. The third-order valence-electron chi connectivity index (χ3n) is 3.32. The average Bonchev–Trinajstić information content (AvgIpc) is 2.60. The SMILES string of the molecule is COP(=O)(OC)C(Nc1ccccc1)c1ccc([N+](=O)[O-])cc1. The van der Waals surface area contributed by atoms with Crippen molar-refractivity contribution in [3.63, 3.8) is 0 Å². The van der Waals surface area contributed by atoms with Crippen molar-refractivity contribution in [1.29, 1.82) is 0 Å². The largest absolute Gasteiger partial charge is 0.368 e. The number of hydrogen-bond donors (Lipinski definition) is 1. The van der Waals surface area contributed by atoms with Crippen LogP contribution in [0.5, 0.6) is 0 Å². The first-order valence-electron chi connectivity index (χ1n) is 6.77. The van der Waals surface area contributed by atoms with Crippen LogP contribution in [0.15, 0.2) is 54.6 Å². The highest BCUT2D eigenvalue weighted by Gasteiger charge is 2.35. The highest BCUT2D eigenvalue weighted by atomic mass is 31.2. The van der Waals surface area contributed by atoms with Gasteiger partial charge in [0.05, 0.1) is 4.92 Å². The summed E-state index contributed by atoms with van der Waals surface area (Å²) in [5, 5.41) is 13.9. The van der Waals surface area contributed by atoms with Gasteiger partial charge in [-0.05, 0) is 29.8 Å². The third-order valence-corrected chi connectivity index (χ3v) is 5.40. The van der Waals surface area contributed by atoms with E-state index in [1.807, 2.05) is 30.3 Å². The Morgan fingerprint density at radius 1 is 1.04 bits per heavy atom. The molecular formula is C15H17N2O5P. The minimum Gasteiger partial charge on any atom is -0.368 e. The van der Waals surface area contributed by atoms with Crippen molar-refractivity contribution in [3.8, 4) is 0 Å². The van der Waals surface area contributed by atoms with Gasteiger partial charge in [-0.3, -0.25) is 14.7 Å². The van der Waals surface area contributed by atoms with Gasteiger partial charge >= 0.3 is 7.60 Å². The lowest BCUT2D eigenvalue weighted by atomic mass is 10.2. The molecule has 2 aromatic carbocycles. The van der Waals surface area contributed by atoms with Crippen molar-refractivity contribution in [2.75, 3.05) is 19.5 Å². The molecule has 7 nitrogen and oxygen atoms in total. The Morgan fingerprint density at radius 2 is 1.61 bits per heavy atom. The van der Waals surface area contributed by atoms with Crippen LogP contribution >= 0.6 is 7.60 Å². The van der Waals surface area contributed by atoms with Gasteiger partial charge in [0.2, 0.25) is 0 Å². The molecule has 1 N–H and O–H groups in total. The number of rotatable bonds is 7. The maximum absolute atomic E-state index is 12.8. The van der Waals surface area contributed by atoms with Crippen LogP contribution in [0.25, 0.3) is 0 Å². The zero-order valence-corrected chi connectivity index (χ0v) is 13.6. The number of nitro groups is 1. The van der Waals surface area contributed by atoms with Crippen molar-refractivity contribution in [2.45, 2.75) is 5.78 Å². The van der Waals surface area contributed by atoms with E-state index < -0.39 is 18.3 Å². The Kier molecular flexibility index (Phi) is 5.50. The van der Waals surface area contributed by atoms with E-state index in [2.05, 4.69) is 5.32 Å². The van der Waals surface area contributed by atoms with Gasteiger partial charge in [-0.1, -0.05) is 18.2 Å². The number of hydrogen-bond acceptors (Lipinski definition) is 6. The molecule has 0 aromatic heterocycles. The Hall–Kier alpha value is -2.21. The molecule has 0 heterocycles. The quantitative estimate of drug-likeness (QED) is 0.463. The summed E-state index contributed by atoms with van der Waals surface area (Å²) >= 11 is 0. The van der Waals surface area contributed by atoms with Crippen molar-refractivity contribution in [2.24, 2.45) is 0 Å². The maximum Gasteiger partial charge on any atom is 0.356 e. The third kappa shape index (κ3) is 3.96. The lowest BCUT2D eigenvalue weighted by molar-refractivity contribution is -0.384. The highest BCUT2D eigenvalue weighted by Crippen LogP contribution is 2.59. The summed E-state index contributed by atoms with van der Waals surface area (Å²) in [6.45, 7) is 0. The maximum atomic E-state index is 12.8. The second kappa shape index (κ2) is 7.37. The normalized spacial score (nSPS) is 12.6. The molecule has 2 aromatic rings. The monoisotopic (exact) mass is 336 g/mol. The molecule has 0 spiro atoms. The van der Waals surface area contributed by atoms with Crippen LogP contribution in [0.3, 0.4) is 0 Å². The molecule has 122 valence electrons. The minimum absolute atomic E-state index is 0.0446. The number of benzene rings is 2. The van der Waals surface area contributed by atoms with E-state index >= 15 is 0 Å². The number of anilines is 1. The van der Waals surface area contributed by atoms with Crippen LogP contribution in [0, 0.1) is 10.1 Å². The molecule has 0 aliphatic carbocycles. The summed E-state index contributed by atoms with van der Waals surface area (Å²) in [6, 6.07) is 14.9. The standard InChI is InChI=1S/C15H17N2O5P/c1-21-23(20,22-2)15(16-13-6-4-3-5-7-13)12-8-10-14(11-9-12)17(18)19/h3-11,15-16H,1-2H3. The molecule has 1 atom stereocenters. The van der Waals surface area contributed by atoms with Gasteiger partial charge in [-0.2, -0.15) is 0 Å². The molecule has 23 heavy (non-hydrogen) atoms. The first-order valence-corrected chi connectivity index (χ1v) is 8.38. The van der Waals surface area contributed by atoms with E-state index in [1.54, 1.807) is 0 Å². The summed E-state index contributed by atoms with van der Waals surface area (Å²) in [5.74, 6) is -0.791. The number of nitrogens with one attached hydrogen (secondary N) is 1. The fourth-order valence-electron chi connectivity index (χ4n) is 2.10. The number of nitro benzene ring substituents is 1. The van der Waals surface area contributed by atoms with Crippen LogP contribution in [0.4, 0.5) is 11.4 Å². The van der Waals surface area contributed by atoms with Crippen LogP contribution in [-0.4, -0.2) is 19.1 Å². The lowest BCUT2D eigenvalue weighted by Crippen LogP contribution is -2.13. The van der Waals surface area contributed by atoms with Crippen molar-refractivity contribution >= 4 is 19.0 Å². The van der Waals surface area contributed by atoms with Crippen LogP contribution in [-0.2, 0) is 13.6 Å². The summed E-state index contributed by atoms with van der Waals surface area (Å²) in [6.07, 6.45) is 0. The highest BCUT2D eigenvalue weighted by molar-refractivity contribution is 7.54. The van der Waals surface area contributed by atoms with Gasteiger partial charge in [0.15, 0.2) is 5.78 Å². The predicted molar refractivity (Wildman–Crippen MR) is 87.5 cm³/mol. The fraction of sp³-hybridized carbons (Fsp3) is 0.200. The molecule has 0 bridgehead atoms. The molecule has 0 saturated carbocycles. The summed E-state index contributed by atoms with van der Waals surface area (Å²) in [4.78, 5) is 10.3. The van der Waals surface area contributed by atoms with Crippen LogP contribution in [0.1, 0.15) is 11.3 Å². The molecule has 0 fully saturated rings. The molecule has 8 heteroatoms. The van der Waals surface area contributed by atoms with E-state index in [4.69, 9.17) is 9.05 Å². The molecule has 1 unspecified atom stereocenters. The lowest BCUT2D eigenvalue weighted by Gasteiger charge is -2.26. The zero-order valence-electron chi connectivity index (χ0n) is 12.7. The molecule has 0 saturated heterocycles. The average molecular weight is 336 g/mol. The second-order valence-electron chi connectivity index (χ2n) is 4.67. The smallest absolute Gasteiger partial charge is 0.356 e. The summed E-state index contributed by atoms with van der Waals surface area (Å²) in [7, 11) is -0.897. The fourth-order valence-corrected chi connectivity index (χ4v) is 3.52. The van der Waals surface area contributed by atoms with Gasteiger partial charge in [0.25, 0.3) is 5.69 Å². The Morgan fingerprint density at radius 3 is 2.09 bits per heavy atom. The Labute approximate surface area is 133 Å². The molecular weight excluding hydrogens is 319 g/mol. The van der Waals surface area contributed by atoms with Crippen molar-refractivity contribution in [1.82, 2.24) is 0 Å². The van der Waals surface area contributed by atoms with Gasteiger partial charge < -0.3 is 14.4 Å². The van der Waals surface area contributed by atoms with Crippen LogP contribution < -0.4 is 5.32 Å². The van der Waals surface area contributed by atoms with E-state index in [0.29, 0.717) is 5.56 Å². The summed E-state index contributed by atoms with van der Waals surface area (Å²) < 4.78 is 23.0. The molecule has 0 radical (unpaired) electrons. The first kappa shape index (κ1) is 17.1. The molecule has 2 rings (SSSR count). The topological polar surface area (TPSA) is 90.7 Å². The summed E-state index contributed by atoms with van der Waals surface area (Å²) in [5.41, 5.74) is 1.24. The van der Waals surface area contributed by atoms with E-state index in [0.717, 1.165) is 5.69 Å². The first-order chi connectivity index (χ1) is 11.0. The minimum atomic E-state index is -3.50. The van der Waals surface area contributed by atoms with Gasteiger partial charge in [-0.15, -0.1) is 0 Å². The number of para-hydroxylation sites is 1. The number of nitrogens with zero attached hydrogens (tertiary/aromatic N) is 1. The Balaban J connectivity index is 2.40. The van der Waals surface area contributed by atoms with E-state index in [-0.39, 0.29) is 5.69 Å². The second-order valence-corrected chi connectivity index (χ2v) is 6.99. The van der Waals surface area contributed by atoms with Gasteiger partial charge in [-0.25, -0.2) is 0 Å².